The van der Waals surface area contributed by atoms with Crippen molar-refractivity contribution in [3.63, 3.8) is 0 Å². The van der Waals surface area contributed by atoms with Gasteiger partial charge in [-0.3, -0.25) is 14.6 Å². The molecule has 0 aliphatic carbocycles. The van der Waals surface area contributed by atoms with Gasteiger partial charge in [0.2, 0.25) is 0 Å². The molecule has 0 N–H and O–H groups in total. The molecule has 0 bridgehead atoms. The number of piperazine rings is 1. The minimum Gasteiger partial charge on any atom is -0.377 e. The lowest BCUT2D eigenvalue weighted by atomic mass is 10.3. The molecule has 0 aromatic heterocycles. The van der Waals surface area contributed by atoms with E-state index in [0.29, 0.717) is 6.61 Å². The van der Waals surface area contributed by atoms with E-state index in [1.807, 2.05) is 6.08 Å². The molecule has 0 aromatic carbocycles. The van der Waals surface area contributed by atoms with Gasteiger partial charge in [0.1, 0.15) is 6.67 Å². The quantitative estimate of drug-likeness (QED) is 0.475. The lowest BCUT2D eigenvalue weighted by Crippen LogP contribution is -2.47. The monoisotopic (exact) mass is 258 g/mol. The second-order valence-electron chi connectivity index (χ2n) is 4.46. The van der Waals surface area contributed by atoms with Crippen LogP contribution in [0, 0.1) is 0 Å². The summed E-state index contributed by atoms with van der Waals surface area (Å²) in [4.78, 5) is 15.4. The summed E-state index contributed by atoms with van der Waals surface area (Å²) in [6.07, 6.45) is 3.54. The van der Waals surface area contributed by atoms with Crippen LogP contribution in [-0.2, 0) is 9.53 Å². The van der Waals surface area contributed by atoms with Crippen molar-refractivity contribution in [3.05, 3.63) is 12.2 Å². The van der Waals surface area contributed by atoms with Gasteiger partial charge in [-0.25, -0.2) is 4.39 Å². The molecule has 1 heterocycles. The van der Waals surface area contributed by atoms with Crippen LogP contribution in [0.25, 0.3) is 0 Å². The van der Waals surface area contributed by atoms with Gasteiger partial charge in [-0.2, -0.15) is 0 Å². The number of rotatable bonds is 8. The molecule has 0 radical (unpaired) electrons. The lowest BCUT2D eigenvalue weighted by molar-refractivity contribution is -0.112. The normalized spacial score (nSPS) is 18.6. The minimum absolute atomic E-state index is 0.0960. The molecule has 0 spiro atoms. The summed E-state index contributed by atoms with van der Waals surface area (Å²) < 4.78 is 16.9. The Balaban J connectivity index is 2.07. The van der Waals surface area contributed by atoms with Gasteiger partial charge in [-0.05, 0) is 13.0 Å². The highest BCUT2D eigenvalue weighted by Gasteiger charge is 2.15. The Morgan fingerprint density at radius 3 is 2.50 bits per heavy atom. The van der Waals surface area contributed by atoms with Crippen molar-refractivity contribution in [3.8, 4) is 0 Å². The summed E-state index contributed by atoms with van der Waals surface area (Å²) in [5.74, 6) is 0.0960. The number of ketones is 1. The first-order valence-electron chi connectivity index (χ1n) is 6.48. The molecule has 1 aliphatic rings. The van der Waals surface area contributed by atoms with E-state index in [1.54, 1.807) is 13.0 Å². The van der Waals surface area contributed by atoms with E-state index in [1.165, 1.54) is 0 Å². The molecule has 0 amide bonds. The topological polar surface area (TPSA) is 32.8 Å². The number of ether oxygens (including phenoxy) is 1. The first-order valence-corrected chi connectivity index (χ1v) is 6.48. The molecule has 104 valence electrons. The first-order chi connectivity index (χ1) is 8.72. The lowest BCUT2D eigenvalue weighted by Gasteiger charge is -2.33. The number of nitrogens with zero attached hydrogens (tertiary/aromatic N) is 2. The van der Waals surface area contributed by atoms with Gasteiger partial charge in [0.25, 0.3) is 0 Å². The number of carbonyl (C=O) groups excluding carboxylic acids is 1. The van der Waals surface area contributed by atoms with E-state index in [2.05, 4.69) is 9.80 Å². The Kier molecular flexibility index (Phi) is 7.80. The van der Waals surface area contributed by atoms with E-state index in [0.717, 1.165) is 39.3 Å². The molecular weight excluding hydrogens is 235 g/mol. The maximum atomic E-state index is 11.8. The smallest absolute Gasteiger partial charge is 0.152 e. The van der Waals surface area contributed by atoms with Crippen molar-refractivity contribution in [1.29, 1.82) is 0 Å². The Labute approximate surface area is 108 Å². The number of hydrogen-bond acceptors (Lipinski definition) is 4. The van der Waals surface area contributed by atoms with Crippen LogP contribution in [0.15, 0.2) is 12.2 Å². The summed E-state index contributed by atoms with van der Waals surface area (Å²) in [5, 5.41) is 0. The molecular formula is C13H23FN2O2. The predicted octanol–water partition coefficient (Wildman–Crippen LogP) is 0.735. The zero-order chi connectivity index (χ0) is 13.2. The molecule has 1 saturated heterocycles. The zero-order valence-electron chi connectivity index (χ0n) is 11.1. The minimum atomic E-state index is -0.406. The number of allylic oxidation sites excluding steroid dienone is 1. The van der Waals surface area contributed by atoms with Gasteiger partial charge >= 0.3 is 0 Å². The fourth-order valence-corrected chi connectivity index (χ4v) is 1.91. The van der Waals surface area contributed by atoms with Crippen molar-refractivity contribution in [2.45, 2.75) is 6.92 Å². The molecule has 1 rings (SSSR count). The van der Waals surface area contributed by atoms with Gasteiger partial charge in [-0.1, -0.05) is 6.08 Å². The highest BCUT2D eigenvalue weighted by Crippen LogP contribution is 2.01. The molecule has 18 heavy (non-hydrogen) atoms. The van der Waals surface area contributed by atoms with Crippen molar-refractivity contribution in [2.24, 2.45) is 0 Å². The Bertz CT molecular complexity index is 264. The van der Waals surface area contributed by atoms with Crippen LogP contribution in [0.2, 0.25) is 0 Å². The second kappa shape index (κ2) is 9.19. The number of carbonyl (C=O) groups is 1. The van der Waals surface area contributed by atoms with Crippen LogP contribution in [0.3, 0.4) is 0 Å². The van der Waals surface area contributed by atoms with Crippen LogP contribution < -0.4 is 0 Å². The average molecular weight is 258 g/mol. The van der Waals surface area contributed by atoms with Crippen LogP contribution in [0.4, 0.5) is 4.39 Å². The van der Waals surface area contributed by atoms with Gasteiger partial charge < -0.3 is 4.74 Å². The van der Waals surface area contributed by atoms with Gasteiger partial charge in [0.05, 0.1) is 13.2 Å². The molecule has 0 atom stereocenters. The molecule has 0 saturated carbocycles. The number of halogens is 1. The first kappa shape index (κ1) is 15.3. The van der Waals surface area contributed by atoms with Crippen molar-refractivity contribution < 1.29 is 13.9 Å². The van der Waals surface area contributed by atoms with Gasteiger partial charge in [0, 0.05) is 39.3 Å². The highest BCUT2D eigenvalue weighted by atomic mass is 19.1. The molecule has 0 aromatic rings. The maximum Gasteiger partial charge on any atom is 0.152 e. The SMILES string of the molecule is CC(=O)/C=C/CN1CCN(CCOCCF)CC1. The van der Waals surface area contributed by atoms with E-state index in [4.69, 9.17) is 4.74 Å². The summed E-state index contributed by atoms with van der Waals surface area (Å²) >= 11 is 0. The number of alkyl halides is 1. The van der Waals surface area contributed by atoms with Crippen molar-refractivity contribution >= 4 is 5.78 Å². The maximum absolute atomic E-state index is 11.8. The van der Waals surface area contributed by atoms with Gasteiger partial charge in [-0.15, -0.1) is 0 Å². The Hall–Kier alpha value is -0.780. The fourth-order valence-electron chi connectivity index (χ4n) is 1.91. The summed E-state index contributed by atoms with van der Waals surface area (Å²) in [5.41, 5.74) is 0. The summed E-state index contributed by atoms with van der Waals surface area (Å²) in [7, 11) is 0. The van der Waals surface area contributed by atoms with E-state index >= 15 is 0 Å². The Morgan fingerprint density at radius 2 is 1.89 bits per heavy atom. The zero-order valence-corrected chi connectivity index (χ0v) is 11.1. The van der Waals surface area contributed by atoms with Crippen LogP contribution in [0.5, 0.6) is 0 Å². The molecule has 5 heteroatoms. The van der Waals surface area contributed by atoms with Gasteiger partial charge in [0.15, 0.2) is 5.78 Å². The average Bonchev–Trinajstić information content (AvgIpc) is 2.36. The summed E-state index contributed by atoms with van der Waals surface area (Å²) in [6, 6.07) is 0. The largest absolute Gasteiger partial charge is 0.377 e. The second-order valence-corrected chi connectivity index (χ2v) is 4.46. The molecule has 4 nitrogen and oxygen atoms in total. The Morgan fingerprint density at radius 1 is 1.22 bits per heavy atom. The van der Waals surface area contributed by atoms with Crippen molar-refractivity contribution in [1.82, 2.24) is 9.80 Å². The number of hydrogen-bond donors (Lipinski definition) is 0. The van der Waals surface area contributed by atoms with E-state index in [9.17, 15) is 9.18 Å². The molecule has 0 unspecified atom stereocenters. The fraction of sp³-hybridized carbons (Fsp3) is 0.769. The summed E-state index contributed by atoms with van der Waals surface area (Å²) in [6.45, 7) is 7.70. The standard InChI is InChI=1S/C13H23FN2O2/c1-13(17)3-2-5-15-6-8-16(9-7-15)10-12-18-11-4-14/h2-3H,4-12H2,1H3/b3-2+. The third-order valence-electron chi connectivity index (χ3n) is 2.95. The third-order valence-corrected chi connectivity index (χ3v) is 2.95. The highest BCUT2D eigenvalue weighted by molar-refractivity contribution is 5.87. The van der Waals surface area contributed by atoms with Crippen LogP contribution in [-0.4, -0.2) is 74.7 Å². The van der Waals surface area contributed by atoms with Crippen molar-refractivity contribution in [2.75, 3.05) is 59.2 Å². The molecule has 1 aliphatic heterocycles. The van der Waals surface area contributed by atoms with E-state index in [-0.39, 0.29) is 12.4 Å². The third kappa shape index (κ3) is 6.83. The van der Waals surface area contributed by atoms with Crippen LogP contribution in [0.1, 0.15) is 6.92 Å². The van der Waals surface area contributed by atoms with Crippen LogP contribution >= 0.6 is 0 Å². The molecule has 1 fully saturated rings. The van der Waals surface area contributed by atoms with E-state index < -0.39 is 6.67 Å². The predicted molar refractivity (Wildman–Crippen MR) is 69.5 cm³/mol.